The topological polar surface area (TPSA) is 29.5 Å². The van der Waals surface area contributed by atoms with Gasteiger partial charge >= 0.3 is 0 Å². The van der Waals surface area contributed by atoms with Gasteiger partial charge < -0.3 is 9.84 Å². The van der Waals surface area contributed by atoms with Crippen molar-refractivity contribution in [2.24, 2.45) is 0 Å². The Morgan fingerprint density at radius 3 is 2.78 bits per heavy atom. The minimum atomic E-state index is -0.352. The minimum Gasteiger partial charge on any atom is -0.391 e. The lowest BCUT2D eigenvalue weighted by molar-refractivity contribution is 0.0598. The van der Waals surface area contributed by atoms with Crippen molar-refractivity contribution in [1.29, 1.82) is 0 Å². The third-order valence-electron chi connectivity index (χ3n) is 0.809. The summed E-state index contributed by atoms with van der Waals surface area (Å²) in [6.07, 6.45) is 3.47. The quantitative estimate of drug-likeness (QED) is 0.453. The summed E-state index contributed by atoms with van der Waals surface area (Å²) in [5.74, 6) is 0. The maximum atomic E-state index is 8.70. The van der Waals surface area contributed by atoms with Crippen LogP contribution in [0.1, 0.15) is 13.8 Å². The Bertz CT molecular complexity index is 77.0. The molecule has 0 saturated carbocycles. The molecule has 0 aliphatic heterocycles. The lowest BCUT2D eigenvalue weighted by atomic mass is 10.4. The maximum Gasteiger partial charge on any atom is 0.0745 e. The number of aliphatic hydroxyl groups excluding tert-OH is 1. The van der Waals surface area contributed by atoms with E-state index in [4.69, 9.17) is 9.84 Å². The van der Waals surface area contributed by atoms with Crippen molar-refractivity contribution in [3.8, 4) is 0 Å². The summed E-state index contributed by atoms with van der Waals surface area (Å²) in [6, 6.07) is 0. The van der Waals surface area contributed by atoms with Crippen LogP contribution in [0.4, 0.5) is 0 Å². The number of allylic oxidation sites excluding steroid dienone is 1. The van der Waals surface area contributed by atoms with Crippen molar-refractivity contribution in [1.82, 2.24) is 0 Å². The van der Waals surface area contributed by atoms with E-state index in [0.717, 1.165) is 0 Å². The maximum absolute atomic E-state index is 8.70. The van der Waals surface area contributed by atoms with Crippen molar-refractivity contribution < 1.29 is 9.84 Å². The largest absolute Gasteiger partial charge is 0.391 e. The van der Waals surface area contributed by atoms with Gasteiger partial charge in [0.05, 0.1) is 19.3 Å². The Morgan fingerprint density at radius 2 is 2.33 bits per heavy atom. The summed E-state index contributed by atoms with van der Waals surface area (Å²) in [4.78, 5) is 0. The molecule has 0 aromatic heterocycles. The lowest BCUT2D eigenvalue weighted by Crippen LogP contribution is -2.09. The van der Waals surface area contributed by atoms with Crippen LogP contribution in [0, 0.1) is 0 Å². The van der Waals surface area contributed by atoms with Crippen LogP contribution >= 0.6 is 0 Å². The third-order valence-corrected chi connectivity index (χ3v) is 0.809. The molecule has 0 spiro atoms. The molecule has 1 atom stereocenters. The number of ether oxygens (including phenoxy) is 1. The van der Waals surface area contributed by atoms with E-state index in [1.54, 1.807) is 6.92 Å². The van der Waals surface area contributed by atoms with Crippen LogP contribution < -0.4 is 0 Å². The smallest absolute Gasteiger partial charge is 0.0745 e. The van der Waals surface area contributed by atoms with Gasteiger partial charge in [-0.05, 0) is 13.8 Å². The van der Waals surface area contributed by atoms with E-state index in [0.29, 0.717) is 13.2 Å². The van der Waals surface area contributed by atoms with Crippen molar-refractivity contribution in [3.05, 3.63) is 12.2 Å². The second kappa shape index (κ2) is 5.79. The van der Waals surface area contributed by atoms with Crippen molar-refractivity contribution in [2.75, 3.05) is 13.2 Å². The Balaban J connectivity index is 2.91. The van der Waals surface area contributed by atoms with Gasteiger partial charge in [0, 0.05) is 0 Å². The molecular weight excluding hydrogens is 116 g/mol. The van der Waals surface area contributed by atoms with E-state index in [1.165, 1.54) is 0 Å². The molecule has 0 radical (unpaired) electrons. The zero-order valence-corrected chi connectivity index (χ0v) is 6.00. The molecule has 0 aromatic carbocycles. The molecule has 2 nitrogen and oxygen atoms in total. The normalized spacial score (nSPS) is 14.6. The second-order valence-corrected chi connectivity index (χ2v) is 1.96. The van der Waals surface area contributed by atoms with Gasteiger partial charge in [0.1, 0.15) is 0 Å². The summed E-state index contributed by atoms with van der Waals surface area (Å²) in [7, 11) is 0. The van der Waals surface area contributed by atoms with Crippen LogP contribution in [0.5, 0.6) is 0 Å². The molecule has 0 amide bonds. The summed E-state index contributed by atoms with van der Waals surface area (Å²) in [6.45, 7) is 4.66. The lowest BCUT2D eigenvalue weighted by Gasteiger charge is -2.01. The molecule has 0 aliphatic carbocycles. The van der Waals surface area contributed by atoms with Gasteiger partial charge in [0.2, 0.25) is 0 Å². The second-order valence-electron chi connectivity index (χ2n) is 1.96. The van der Waals surface area contributed by atoms with Crippen molar-refractivity contribution in [2.45, 2.75) is 20.0 Å². The van der Waals surface area contributed by atoms with E-state index >= 15 is 0 Å². The Morgan fingerprint density at radius 1 is 1.67 bits per heavy atom. The van der Waals surface area contributed by atoms with Crippen LogP contribution in [-0.4, -0.2) is 24.4 Å². The fraction of sp³-hybridized carbons (Fsp3) is 0.714. The third kappa shape index (κ3) is 7.66. The van der Waals surface area contributed by atoms with Crippen LogP contribution in [0.25, 0.3) is 0 Å². The average molecular weight is 130 g/mol. The molecule has 9 heavy (non-hydrogen) atoms. The zero-order valence-electron chi connectivity index (χ0n) is 6.00. The van der Waals surface area contributed by atoms with Gasteiger partial charge in [-0.3, -0.25) is 0 Å². The molecule has 2 heteroatoms. The average Bonchev–Trinajstić information content (AvgIpc) is 1.80. The van der Waals surface area contributed by atoms with Gasteiger partial charge in [-0.2, -0.15) is 0 Å². The fourth-order valence-corrected chi connectivity index (χ4v) is 0.403. The van der Waals surface area contributed by atoms with Gasteiger partial charge in [-0.1, -0.05) is 12.2 Å². The summed E-state index contributed by atoms with van der Waals surface area (Å²) in [5.41, 5.74) is 0. The van der Waals surface area contributed by atoms with Crippen molar-refractivity contribution >= 4 is 0 Å². The van der Waals surface area contributed by atoms with Crippen LogP contribution in [-0.2, 0) is 4.74 Å². The number of aliphatic hydroxyl groups is 1. The zero-order chi connectivity index (χ0) is 7.11. The first-order valence-corrected chi connectivity index (χ1v) is 3.14. The van der Waals surface area contributed by atoms with Gasteiger partial charge in [0.15, 0.2) is 0 Å². The fourth-order valence-electron chi connectivity index (χ4n) is 0.403. The van der Waals surface area contributed by atoms with Crippen LogP contribution in [0.2, 0.25) is 0 Å². The summed E-state index contributed by atoms with van der Waals surface area (Å²) < 4.78 is 5.00. The number of rotatable bonds is 4. The van der Waals surface area contributed by atoms with Gasteiger partial charge in [0.25, 0.3) is 0 Å². The molecule has 0 fully saturated rings. The molecule has 0 bridgehead atoms. The van der Waals surface area contributed by atoms with E-state index in [-0.39, 0.29) is 6.10 Å². The number of hydrogen-bond acceptors (Lipinski definition) is 2. The molecule has 54 valence electrons. The monoisotopic (exact) mass is 130 g/mol. The molecule has 0 aliphatic rings. The summed E-state index contributed by atoms with van der Waals surface area (Å²) >= 11 is 0. The first-order chi connectivity index (χ1) is 4.27. The Hall–Kier alpha value is -0.340. The standard InChI is InChI=1S/C7H14O2/c1-3-4-5-9-6-7(2)8/h3-4,7-8H,5-6H2,1-2H3/b4-3+. The molecule has 0 aromatic rings. The molecular formula is C7H14O2. The molecule has 0 saturated heterocycles. The van der Waals surface area contributed by atoms with E-state index in [1.807, 2.05) is 19.1 Å². The highest BCUT2D eigenvalue weighted by molar-refractivity contribution is 4.75. The van der Waals surface area contributed by atoms with Gasteiger partial charge in [-0.25, -0.2) is 0 Å². The first-order valence-electron chi connectivity index (χ1n) is 3.14. The van der Waals surface area contributed by atoms with E-state index in [2.05, 4.69) is 0 Å². The highest BCUT2D eigenvalue weighted by Crippen LogP contribution is 1.82. The predicted octanol–water partition coefficient (Wildman–Crippen LogP) is 0.960. The Kier molecular flexibility index (Phi) is 5.57. The highest BCUT2D eigenvalue weighted by Gasteiger charge is 1.91. The van der Waals surface area contributed by atoms with Crippen LogP contribution in [0.3, 0.4) is 0 Å². The van der Waals surface area contributed by atoms with E-state index < -0.39 is 0 Å². The SMILES string of the molecule is C/C=C/COCC(C)O. The van der Waals surface area contributed by atoms with E-state index in [9.17, 15) is 0 Å². The molecule has 0 heterocycles. The molecule has 1 N–H and O–H groups in total. The summed E-state index contributed by atoms with van der Waals surface area (Å²) in [5, 5.41) is 8.70. The van der Waals surface area contributed by atoms with Gasteiger partial charge in [-0.15, -0.1) is 0 Å². The predicted molar refractivity (Wildman–Crippen MR) is 37.3 cm³/mol. The molecule has 1 unspecified atom stereocenters. The molecule has 0 rings (SSSR count). The minimum absolute atomic E-state index is 0.352. The Labute approximate surface area is 56.1 Å². The van der Waals surface area contributed by atoms with Crippen molar-refractivity contribution in [3.63, 3.8) is 0 Å². The highest BCUT2D eigenvalue weighted by atomic mass is 16.5. The van der Waals surface area contributed by atoms with Crippen LogP contribution in [0.15, 0.2) is 12.2 Å². The number of hydrogen-bond donors (Lipinski definition) is 1. The first kappa shape index (κ1) is 8.66.